The van der Waals surface area contributed by atoms with Crippen LogP contribution >= 0.6 is 0 Å². The van der Waals surface area contributed by atoms with Gasteiger partial charge in [-0.15, -0.1) is 0 Å². The summed E-state index contributed by atoms with van der Waals surface area (Å²) in [5.74, 6) is 0.995. The summed E-state index contributed by atoms with van der Waals surface area (Å²) in [6.07, 6.45) is 0.717. The predicted octanol–water partition coefficient (Wildman–Crippen LogP) is 2.15. The van der Waals surface area contributed by atoms with Gasteiger partial charge >= 0.3 is 0 Å². The second-order valence-electron chi connectivity index (χ2n) is 4.33. The summed E-state index contributed by atoms with van der Waals surface area (Å²) >= 11 is 0. The van der Waals surface area contributed by atoms with Crippen molar-refractivity contribution in [1.82, 2.24) is 9.78 Å². The molecular weight excluding hydrogens is 260 g/mol. The second-order valence-corrected chi connectivity index (χ2v) is 4.33. The molecule has 0 bridgehead atoms. The number of nitrogen functional groups attached to an aromatic ring is 1. The maximum absolute atomic E-state index is 10.8. The summed E-state index contributed by atoms with van der Waals surface area (Å²) in [6, 6.07) is 4.46. The Morgan fingerprint density at radius 1 is 1.50 bits per heavy atom. The van der Waals surface area contributed by atoms with E-state index in [0.717, 1.165) is 12.0 Å². The third-order valence-corrected chi connectivity index (χ3v) is 3.20. The summed E-state index contributed by atoms with van der Waals surface area (Å²) in [5.41, 5.74) is 8.24. The van der Waals surface area contributed by atoms with Crippen LogP contribution in [0.2, 0.25) is 0 Å². The van der Waals surface area contributed by atoms with Gasteiger partial charge in [-0.2, -0.15) is 5.10 Å². The molecule has 1 aromatic carbocycles. The molecule has 20 heavy (non-hydrogen) atoms. The lowest BCUT2D eigenvalue weighted by Gasteiger charge is -2.07. The summed E-state index contributed by atoms with van der Waals surface area (Å²) in [4.78, 5) is 10.3. The number of hydrogen-bond acceptors (Lipinski definition) is 5. The van der Waals surface area contributed by atoms with Crippen molar-refractivity contribution in [2.24, 2.45) is 7.05 Å². The molecule has 0 saturated heterocycles. The minimum Gasteiger partial charge on any atom is -0.496 e. The molecule has 7 heteroatoms. The van der Waals surface area contributed by atoms with Crippen LogP contribution in [0, 0.1) is 10.1 Å². The highest BCUT2D eigenvalue weighted by Crippen LogP contribution is 2.36. The van der Waals surface area contributed by atoms with E-state index in [2.05, 4.69) is 5.10 Å². The number of nitro benzene ring substituents is 1. The van der Waals surface area contributed by atoms with Crippen molar-refractivity contribution in [3.8, 4) is 17.0 Å². The third-order valence-electron chi connectivity index (χ3n) is 3.20. The fourth-order valence-corrected chi connectivity index (χ4v) is 2.13. The van der Waals surface area contributed by atoms with E-state index in [1.807, 2.05) is 6.92 Å². The van der Waals surface area contributed by atoms with Gasteiger partial charge in [-0.3, -0.25) is 14.8 Å². The highest BCUT2D eigenvalue weighted by molar-refractivity contribution is 5.75. The molecule has 0 fully saturated rings. The molecule has 0 unspecified atom stereocenters. The van der Waals surface area contributed by atoms with Gasteiger partial charge in [-0.05, 0) is 12.5 Å². The SMILES string of the molecule is CCc1c(-c2ccc([N+](=O)[O-])cc2OC)nn(C)c1N. The van der Waals surface area contributed by atoms with Gasteiger partial charge in [0.25, 0.3) is 5.69 Å². The number of aromatic nitrogens is 2. The number of nitrogens with two attached hydrogens (primary N) is 1. The molecule has 0 aliphatic rings. The highest BCUT2D eigenvalue weighted by Gasteiger charge is 2.19. The number of anilines is 1. The summed E-state index contributed by atoms with van der Waals surface area (Å²) in [5, 5.41) is 15.2. The number of benzene rings is 1. The number of hydrogen-bond donors (Lipinski definition) is 1. The van der Waals surface area contributed by atoms with Crippen LogP contribution in [-0.4, -0.2) is 21.8 Å². The van der Waals surface area contributed by atoms with Gasteiger partial charge in [0.2, 0.25) is 0 Å². The van der Waals surface area contributed by atoms with Crippen molar-refractivity contribution in [3.05, 3.63) is 33.9 Å². The third kappa shape index (κ3) is 2.18. The van der Waals surface area contributed by atoms with Gasteiger partial charge in [0.1, 0.15) is 17.3 Å². The molecule has 2 aromatic rings. The number of aryl methyl sites for hydroxylation is 1. The number of non-ortho nitro benzene ring substituents is 1. The van der Waals surface area contributed by atoms with E-state index in [-0.39, 0.29) is 5.69 Å². The van der Waals surface area contributed by atoms with E-state index in [0.29, 0.717) is 22.8 Å². The Hall–Kier alpha value is -2.57. The number of nitrogens with zero attached hydrogens (tertiary/aromatic N) is 3. The lowest BCUT2D eigenvalue weighted by molar-refractivity contribution is -0.384. The van der Waals surface area contributed by atoms with Gasteiger partial charge in [-0.25, -0.2) is 0 Å². The van der Waals surface area contributed by atoms with Gasteiger partial charge in [0.05, 0.1) is 18.1 Å². The molecule has 106 valence electrons. The Bertz CT molecular complexity index is 664. The molecule has 0 radical (unpaired) electrons. The fraction of sp³-hybridized carbons (Fsp3) is 0.308. The molecule has 2 N–H and O–H groups in total. The van der Waals surface area contributed by atoms with Crippen LogP contribution in [0.1, 0.15) is 12.5 Å². The molecular formula is C13H16N4O3. The average Bonchev–Trinajstić information content (AvgIpc) is 2.73. The molecule has 0 spiro atoms. The number of methoxy groups -OCH3 is 1. The first kappa shape index (κ1) is 13.9. The first-order chi connectivity index (χ1) is 9.49. The van der Waals surface area contributed by atoms with Crippen molar-refractivity contribution < 1.29 is 9.66 Å². The smallest absolute Gasteiger partial charge is 0.273 e. The van der Waals surface area contributed by atoms with Crippen LogP contribution in [-0.2, 0) is 13.5 Å². The Kier molecular flexibility index (Phi) is 3.60. The van der Waals surface area contributed by atoms with Crippen LogP contribution in [0.25, 0.3) is 11.3 Å². The Labute approximate surface area is 116 Å². The first-order valence-corrected chi connectivity index (χ1v) is 6.13. The van der Waals surface area contributed by atoms with Gasteiger partial charge < -0.3 is 10.5 Å². The lowest BCUT2D eigenvalue weighted by atomic mass is 10.0. The summed E-state index contributed by atoms with van der Waals surface area (Å²) < 4.78 is 6.84. The summed E-state index contributed by atoms with van der Waals surface area (Å²) in [6.45, 7) is 1.98. The Morgan fingerprint density at radius 2 is 2.20 bits per heavy atom. The topological polar surface area (TPSA) is 96.2 Å². The van der Waals surface area contributed by atoms with Crippen molar-refractivity contribution in [1.29, 1.82) is 0 Å². The maximum atomic E-state index is 10.8. The number of ether oxygens (including phenoxy) is 1. The molecule has 0 amide bonds. The van der Waals surface area contributed by atoms with E-state index in [1.54, 1.807) is 17.8 Å². The average molecular weight is 276 g/mol. The summed E-state index contributed by atoms with van der Waals surface area (Å²) in [7, 11) is 3.23. The van der Waals surface area contributed by atoms with Crippen LogP contribution in [0.3, 0.4) is 0 Å². The highest BCUT2D eigenvalue weighted by atomic mass is 16.6. The zero-order valence-corrected chi connectivity index (χ0v) is 11.6. The standard InChI is InChI=1S/C13H16N4O3/c1-4-9-12(15-16(2)13(9)14)10-6-5-8(17(18)19)7-11(10)20-3/h5-7H,4,14H2,1-3H3. The molecule has 2 rings (SSSR count). The minimum atomic E-state index is -0.459. The zero-order valence-electron chi connectivity index (χ0n) is 11.6. The van der Waals surface area contributed by atoms with Crippen LogP contribution in [0.5, 0.6) is 5.75 Å². The van der Waals surface area contributed by atoms with E-state index >= 15 is 0 Å². The zero-order chi connectivity index (χ0) is 14.9. The monoisotopic (exact) mass is 276 g/mol. The van der Waals surface area contributed by atoms with E-state index in [1.165, 1.54) is 19.2 Å². The maximum Gasteiger partial charge on any atom is 0.273 e. The van der Waals surface area contributed by atoms with Crippen molar-refractivity contribution in [2.75, 3.05) is 12.8 Å². The number of rotatable bonds is 4. The normalized spacial score (nSPS) is 10.6. The molecule has 0 aliphatic carbocycles. The molecule has 0 aliphatic heterocycles. The van der Waals surface area contributed by atoms with Crippen molar-refractivity contribution in [3.63, 3.8) is 0 Å². The van der Waals surface area contributed by atoms with Crippen molar-refractivity contribution in [2.45, 2.75) is 13.3 Å². The van der Waals surface area contributed by atoms with E-state index in [9.17, 15) is 10.1 Å². The fourth-order valence-electron chi connectivity index (χ4n) is 2.13. The first-order valence-electron chi connectivity index (χ1n) is 6.13. The second kappa shape index (κ2) is 5.20. The van der Waals surface area contributed by atoms with Gasteiger partial charge in [0, 0.05) is 24.2 Å². The number of nitro groups is 1. The Balaban J connectivity index is 2.63. The minimum absolute atomic E-state index is 0.0208. The quantitative estimate of drug-likeness (QED) is 0.681. The molecule has 1 heterocycles. The van der Waals surface area contributed by atoms with E-state index in [4.69, 9.17) is 10.5 Å². The molecule has 1 aromatic heterocycles. The Morgan fingerprint density at radius 3 is 2.75 bits per heavy atom. The molecule has 0 atom stereocenters. The largest absolute Gasteiger partial charge is 0.496 e. The van der Waals surface area contributed by atoms with Crippen LogP contribution < -0.4 is 10.5 Å². The molecule has 0 saturated carbocycles. The van der Waals surface area contributed by atoms with Crippen LogP contribution in [0.4, 0.5) is 11.5 Å². The lowest BCUT2D eigenvalue weighted by Crippen LogP contribution is -1.98. The van der Waals surface area contributed by atoms with E-state index < -0.39 is 4.92 Å². The van der Waals surface area contributed by atoms with Crippen molar-refractivity contribution >= 4 is 11.5 Å². The predicted molar refractivity (Wildman–Crippen MR) is 75.6 cm³/mol. The van der Waals surface area contributed by atoms with Crippen LogP contribution in [0.15, 0.2) is 18.2 Å². The van der Waals surface area contributed by atoms with Gasteiger partial charge in [-0.1, -0.05) is 6.92 Å². The molecule has 7 nitrogen and oxygen atoms in total. The van der Waals surface area contributed by atoms with Gasteiger partial charge in [0.15, 0.2) is 0 Å².